The van der Waals surface area contributed by atoms with Crippen molar-refractivity contribution in [2.45, 2.75) is 52.2 Å². The minimum atomic E-state index is 0.331. The van der Waals surface area contributed by atoms with E-state index in [1.807, 2.05) is 0 Å². The van der Waals surface area contributed by atoms with E-state index in [9.17, 15) is 0 Å². The smallest absolute Gasteiger partial charge is 0.123 e. The van der Waals surface area contributed by atoms with Crippen LogP contribution in [0.3, 0.4) is 0 Å². The van der Waals surface area contributed by atoms with Gasteiger partial charge in [0.25, 0.3) is 0 Å². The number of fused-ring (bicyclic) bond motifs is 1. The molecule has 1 aromatic carbocycles. The van der Waals surface area contributed by atoms with Crippen molar-refractivity contribution in [3.05, 3.63) is 29.3 Å². The van der Waals surface area contributed by atoms with Gasteiger partial charge in [0.1, 0.15) is 11.9 Å². The van der Waals surface area contributed by atoms with Crippen LogP contribution in [-0.2, 0) is 6.42 Å². The van der Waals surface area contributed by atoms with Gasteiger partial charge in [0, 0.05) is 12.5 Å². The Hall–Kier alpha value is -1.02. The number of hydrogen-bond acceptors (Lipinski definition) is 2. The number of nitrogens with one attached hydrogen (secondary N) is 1. The molecular formula is C16H25NO. The molecule has 2 heteroatoms. The summed E-state index contributed by atoms with van der Waals surface area (Å²) in [5.41, 5.74) is 2.76. The van der Waals surface area contributed by atoms with Gasteiger partial charge in [0.05, 0.1) is 0 Å². The molecule has 1 heterocycles. The maximum absolute atomic E-state index is 5.76. The predicted octanol–water partition coefficient (Wildman–Crippen LogP) is 3.71. The van der Waals surface area contributed by atoms with E-state index < -0.39 is 0 Å². The minimum Gasteiger partial charge on any atom is -0.490 e. The molecule has 1 aliphatic rings. The van der Waals surface area contributed by atoms with Crippen molar-refractivity contribution in [1.29, 1.82) is 0 Å². The number of benzene rings is 1. The van der Waals surface area contributed by atoms with Crippen molar-refractivity contribution in [2.24, 2.45) is 5.92 Å². The van der Waals surface area contributed by atoms with E-state index >= 15 is 0 Å². The van der Waals surface area contributed by atoms with Crippen molar-refractivity contribution in [2.75, 3.05) is 7.05 Å². The van der Waals surface area contributed by atoms with E-state index in [0.29, 0.717) is 12.1 Å². The summed E-state index contributed by atoms with van der Waals surface area (Å²) in [6, 6.07) is 7.12. The highest BCUT2D eigenvalue weighted by atomic mass is 16.5. The van der Waals surface area contributed by atoms with Crippen LogP contribution in [0.4, 0.5) is 0 Å². The van der Waals surface area contributed by atoms with Gasteiger partial charge in [-0.05, 0) is 43.5 Å². The van der Waals surface area contributed by atoms with Crippen molar-refractivity contribution in [3.8, 4) is 5.75 Å². The maximum atomic E-state index is 5.76. The molecule has 0 spiro atoms. The van der Waals surface area contributed by atoms with E-state index in [4.69, 9.17) is 4.74 Å². The van der Waals surface area contributed by atoms with Gasteiger partial charge in [-0.1, -0.05) is 32.4 Å². The van der Waals surface area contributed by atoms with Crippen LogP contribution in [0, 0.1) is 5.92 Å². The second-order valence-corrected chi connectivity index (χ2v) is 5.59. The summed E-state index contributed by atoms with van der Waals surface area (Å²) >= 11 is 0. The lowest BCUT2D eigenvalue weighted by molar-refractivity contribution is 0.254. The molecule has 0 saturated carbocycles. The zero-order valence-electron chi connectivity index (χ0n) is 12.0. The van der Waals surface area contributed by atoms with Crippen LogP contribution in [-0.4, -0.2) is 13.2 Å². The normalized spacial score (nSPS) is 21.2. The number of hydrogen-bond donors (Lipinski definition) is 1. The molecule has 0 bridgehead atoms. The Morgan fingerprint density at radius 1 is 1.44 bits per heavy atom. The summed E-state index contributed by atoms with van der Waals surface area (Å²) in [6.07, 6.45) is 3.81. The van der Waals surface area contributed by atoms with Gasteiger partial charge >= 0.3 is 0 Å². The molecular weight excluding hydrogens is 222 g/mol. The first-order valence-electron chi connectivity index (χ1n) is 7.10. The van der Waals surface area contributed by atoms with Gasteiger partial charge in [-0.15, -0.1) is 0 Å². The molecule has 2 nitrogen and oxygen atoms in total. The highest BCUT2D eigenvalue weighted by Crippen LogP contribution is 2.32. The summed E-state index contributed by atoms with van der Waals surface area (Å²) in [6.45, 7) is 6.72. The Kier molecular flexibility index (Phi) is 4.28. The van der Waals surface area contributed by atoms with Crippen LogP contribution >= 0.6 is 0 Å². The van der Waals surface area contributed by atoms with E-state index in [1.165, 1.54) is 24.0 Å². The summed E-state index contributed by atoms with van der Waals surface area (Å²) in [7, 11) is 2.05. The van der Waals surface area contributed by atoms with Crippen molar-refractivity contribution < 1.29 is 4.74 Å². The van der Waals surface area contributed by atoms with Gasteiger partial charge in [-0.25, -0.2) is 0 Å². The fourth-order valence-electron chi connectivity index (χ4n) is 2.65. The molecule has 0 amide bonds. The summed E-state index contributed by atoms with van der Waals surface area (Å²) in [5.74, 6) is 1.83. The third kappa shape index (κ3) is 2.86. The predicted molar refractivity (Wildman–Crippen MR) is 76.1 cm³/mol. The average Bonchev–Trinajstić information content (AvgIpc) is 2.74. The molecule has 18 heavy (non-hydrogen) atoms. The SMILES string of the molecule is CCC(C)CC(NC)c1ccc2c(c1)CC(C)O2. The van der Waals surface area contributed by atoms with E-state index in [-0.39, 0.29) is 0 Å². The molecule has 0 fully saturated rings. The van der Waals surface area contributed by atoms with Gasteiger partial charge < -0.3 is 10.1 Å². The van der Waals surface area contributed by atoms with Crippen LogP contribution in [0.5, 0.6) is 5.75 Å². The van der Waals surface area contributed by atoms with Crippen LogP contribution in [0.2, 0.25) is 0 Å². The number of ether oxygens (including phenoxy) is 1. The molecule has 0 aromatic heterocycles. The lowest BCUT2D eigenvalue weighted by atomic mass is 9.93. The second-order valence-electron chi connectivity index (χ2n) is 5.59. The fourth-order valence-corrected chi connectivity index (χ4v) is 2.65. The first-order valence-corrected chi connectivity index (χ1v) is 7.10. The van der Waals surface area contributed by atoms with E-state index in [0.717, 1.165) is 18.1 Å². The van der Waals surface area contributed by atoms with Gasteiger partial charge in [-0.2, -0.15) is 0 Å². The third-order valence-electron chi connectivity index (χ3n) is 4.01. The highest BCUT2D eigenvalue weighted by Gasteiger charge is 2.21. The quantitative estimate of drug-likeness (QED) is 0.856. The zero-order valence-corrected chi connectivity index (χ0v) is 12.0. The molecule has 1 aliphatic heterocycles. The first kappa shape index (κ1) is 13.4. The lowest BCUT2D eigenvalue weighted by Crippen LogP contribution is -2.19. The summed E-state index contributed by atoms with van der Waals surface area (Å²) in [5, 5.41) is 3.45. The molecule has 3 unspecified atom stereocenters. The molecule has 0 saturated heterocycles. The molecule has 1 N–H and O–H groups in total. The number of rotatable bonds is 5. The molecule has 2 rings (SSSR count). The van der Waals surface area contributed by atoms with Crippen LogP contribution in [0.15, 0.2) is 18.2 Å². The monoisotopic (exact) mass is 247 g/mol. The third-order valence-corrected chi connectivity index (χ3v) is 4.01. The minimum absolute atomic E-state index is 0.331. The molecule has 0 aliphatic carbocycles. The Balaban J connectivity index is 2.15. The maximum Gasteiger partial charge on any atom is 0.123 e. The van der Waals surface area contributed by atoms with Crippen molar-refractivity contribution in [3.63, 3.8) is 0 Å². The molecule has 3 atom stereocenters. The van der Waals surface area contributed by atoms with Crippen LogP contribution < -0.4 is 10.1 Å². The van der Waals surface area contributed by atoms with E-state index in [2.05, 4.69) is 51.3 Å². The summed E-state index contributed by atoms with van der Waals surface area (Å²) < 4.78 is 5.76. The largest absolute Gasteiger partial charge is 0.490 e. The van der Waals surface area contributed by atoms with Crippen LogP contribution in [0.25, 0.3) is 0 Å². The lowest BCUT2D eigenvalue weighted by Gasteiger charge is -2.20. The molecule has 0 radical (unpaired) electrons. The Morgan fingerprint density at radius 3 is 2.89 bits per heavy atom. The molecule has 1 aromatic rings. The van der Waals surface area contributed by atoms with Crippen LogP contribution in [0.1, 0.15) is 50.8 Å². The van der Waals surface area contributed by atoms with Crippen molar-refractivity contribution in [1.82, 2.24) is 5.32 Å². The van der Waals surface area contributed by atoms with E-state index in [1.54, 1.807) is 0 Å². The van der Waals surface area contributed by atoms with Gasteiger partial charge in [0.2, 0.25) is 0 Å². The Morgan fingerprint density at radius 2 is 2.22 bits per heavy atom. The first-order chi connectivity index (χ1) is 8.63. The summed E-state index contributed by atoms with van der Waals surface area (Å²) in [4.78, 5) is 0. The molecule has 100 valence electrons. The standard InChI is InChI=1S/C16H25NO/c1-5-11(2)8-15(17-4)13-6-7-16-14(10-13)9-12(3)18-16/h6-7,10-12,15,17H,5,8-9H2,1-4H3. The zero-order chi connectivity index (χ0) is 13.1. The average molecular weight is 247 g/mol. The Bertz CT molecular complexity index is 402. The van der Waals surface area contributed by atoms with Crippen molar-refractivity contribution >= 4 is 0 Å². The fraction of sp³-hybridized carbons (Fsp3) is 0.625. The second kappa shape index (κ2) is 5.75. The topological polar surface area (TPSA) is 21.3 Å². The highest BCUT2D eigenvalue weighted by molar-refractivity contribution is 5.41. The van der Waals surface area contributed by atoms with Gasteiger partial charge in [0.15, 0.2) is 0 Å². The Labute approximate surface area is 111 Å². The van der Waals surface area contributed by atoms with Gasteiger partial charge in [-0.3, -0.25) is 0 Å².